The highest BCUT2D eigenvalue weighted by Gasteiger charge is 2.43. The minimum Gasteiger partial charge on any atom is -0.493 e. The van der Waals surface area contributed by atoms with E-state index in [0.29, 0.717) is 54.2 Å². The second-order valence-corrected chi connectivity index (χ2v) is 17.1. The van der Waals surface area contributed by atoms with Gasteiger partial charge in [0, 0.05) is 38.0 Å². The summed E-state index contributed by atoms with van der Waals surface area (Å²) in [5.41, 5.74) is 7.62. The van der Waals surface area contributed by atoms with Gasteiger partial charge in [0.1, 0.15) is 0 Å². The monoisotopic (exact) mass is 846 g/mol. The SMILES string of the molecule is CC[C@H]1CN2CCc3cc(OC)c(OC)cc3[C@@H]2C[C@@H]1C[C@@H]1c2cc(OC)c(OC)cc2CCN1C(=O)C1=C[C@@H](c2ccc3c(c2)OCO3)C[C@@H](OCc2ccc(CO)cc2)O1. The second kappa shape index (κ2) is 18.1. The van der Waals surface area contributed by atoms with Crippen LogP contribution in [0.4, 0.5) is 0 Å². The molecule has 1 amide bonds. The average Bonchev–Trinajstić information content (AvgIpc) is 3.80. The molecule has 1 saturated heterocycles. The molecule has 0 aromatic heterocycles. The maximum absolute atomic E-state index is 15.3. The number of nitrogens with zero attached hydrogens (tertiary/aromatic N) is 2. The summed E-state index contributed by atoms with van der Waals surface area (Å²) in [7, 11) is 6.72. The Morgan fingerprint density at radius 3 is 2.13 bits per heavy atom. The fourth-order valence-corrected chi connectivity index (χ4v) is 10.4. The zero-order valence-corrected chi connectivity index (χ0v) is 36.4. The number of hydrogen-bond acceptors (Lipinski definition) is 11. The second-order valence-electron chi connectivity index (χ2n) is 17.1. The van der Waals surface area contributed by atoms with Crippen molar-refractivity contribution in [1.82, 2.24) is 9.80 Å². The molecule has 1 fully saturated rings. The molecule has 12 heteroatoms. The average molecular weight is 847 g/mol. The number of fused-ring (bicyclic) bond motifs is 5. The molecule has 62 heavy (non-hydrogen) atoms. The van der Waals surface area contributed by atoms with Crippen LogP contribution in [0.15, 0.2) is 78.6 Å². The van der Waals surface area contributed by atoms with E-state index < -0.39 is 6.29 Å². The van der Waals surface area contributed by atoms with Crippen LogP contribution in [-0.4, -0.2) is 82.0 Å². The minimum atomic E-state index is -0.692. The van der Waals surface area contributed by atoms with Gasteiger partial charge in [-0.05, 0) is 119 Å². The number of benzene rings is 4. The maximum Gasteiger partial charge on any atom is 0.289 e. The van der Waals surface area contributed by atoms with Crippen molar-refractivity contribution < 1.29 is 47.8 Å². The minimum absolute atomic E-state index is 0.0274. The van der Waals surface area contributed by atoms with E-state index in [1.807, 2.05) is 53.4 Å². The van der Waals surface area contributed by atoms with Crippen LogP contribution in [0.3, 0.4) is 0 Å². The molecular formula is C50H58N2O10. The van der Waals surface area contributed by atoms with E-state index in [1.54, 1.807) is 28.4 Å². The van der Waals surface area contributed by atoms with Crippen LogP contribution in [0.5, 0.6) is 34.5 Å². The number of hydrogen-bond donors (Lipinski definition) is 1. The lowest BCUT2D eigenvalue weighted by molar-refractivity contribution is -0.158. The van der Waals surface area contributed by atoms with Crippen LogP contribution in [0.1, 0.15) is 89.6 Å². The number of aliphatic hydroxyl groups excluding tert-OH is 1. The molecule has 0 unspecified atom stereocenters. The number of carbonyl (C=O) groups excluding carboxylic acids is 1. The Kier molecular flexibility index (Phi) is 12.2. The number of rotatable bonds is 13. The number of piperidine rings is 1. The van der Waals surface area contributed by atoms with E-state index >= 15 is 4.79 Å². The summed E-state index contributed by atoms with van der Waals surface area (Å²) in [6.45, 7) is 5.24. The number of ether oxygens (including phenoxy) is 8. The van der Waals surface area contributed by atoms with Gasteiger partial charge in [0.25, 0.3) is 5.91 Å². The van der Waals surface area contributed by atoms with Crippen LogP contribution in [0, 0.1) is 11.8 Å². The van der Waals surface area contributed by atoms with Crippen molar-refractivity contribution >= 4 is 5.91 Å². The molecule has 6 atom stereocenters. The molecule has 5 heterocycles. The molecular weight excluding hydrogens is 789 g/mol. The molecule has 0 aliphatic carbocycles. The predicted molar refractivity (Wildman–Crippen MR) is 232 cm³/mol. The Morgan fingerprint density at radius 2 is 1.42 bits per heavy atom. The van der Waals surface area contributed by atoms with E-state index in [4.69, 9.17) is 37.9 Å². The molecule has 0 spiro atoms. The van der Waals surface area contributed by atoms with Gasteiger partial charge in [-0.3, -0.25) is 9.69 Å². The summed E-state index contributed by atoms with van der Waals surface area (Å²) in [6.07, 6.45) is 6.19. The third-order valence-electron chi connectivity index (χ3n) is 13.8. The van der Waals surface area contributed by atoms with Gasteiger partial charge in [-0.2, -0.15) is 0 Å². The standard InChI is InChI=1S/C50H58N2O10/c1-6-32-26-51-15-13-34-20-43(55-2)45(57-4)24-38(34)40(51)17-36(32)18-41-39-25-46(58-5)44(56-3)21-35(39)14-16-52(41)50(54)48-22-37(33-11-12-42-47(19-33)61-29-60-42)23-49(62-48)59-28-31-9-7-30(27-53)8-10-31/h7-12,19-22,24-25,32,36-37,40-41,49,53H,6,13-18,23,26-29H2,1-5H3/t32-,36+,37+,40-,41+,49-/m0/s1. The zero-order valence-electron chi connectivity index (χ0n) is 36.4. The van der Waals surface area contributed by atoms with Crippen LogP contribution in [0.25, 0.3) is 0 Å². The maximum atomic E-state index is 15.3. The summed E-state index contributed by atoms with van der Waals surface area (Å²) >= 11 is 0. The summed E-state index contributed by atoms with van der Waals surface area (Å²) < 4.78 is 47.6. The normalized spacial score (nSPS) is 23.9. The molecule has 4 aromatic carbocycles. The summed E-state index contributed by atoms with van der Waals surface area (Å²) in [5, 5.41) is 9.57. The van der Waals surface area contributed by atoms with E-state index in [-0.39, 0.29) is 49.7 Å². The number of amides is 1. The number of aliphatic hydroxyl groups is 1. The van der Waals surface area contributed by atoms with E-state index in [0.717, 1.165) is 78.1 Å². The smallest absolute Gasteiger partial charge is 0.289 e. The quantitative estimate of drug-likeness (QED) is 0.141. The van der Waals surface area contributed by atoms with Gasteiger partial charge >= 0.3 is 0 Å². The van der Waals surface area contributed by atoms with Crippen LogP contribution in [0.2, 0.25) is 0 Å². The summed E-state index contributed by atoms with van der Waals surface area (Å²) in [6, 6.07) is 22.1. The fourth-order valence-electron chi connectivity index (χ4n) is 10.4. The van der Waals surface area contributed by atoms with Gasteiger partial charge in [-0.1, -0.05) is 43.7 Å². The Labute approximate surface area is 364 Å². The zero-order chi connectivity index (χ0) is 42.9. The van der Waals surface area contributed by atoms with Gasteiger partial charge in [0.15, 0.2) is 40.3 Å². The molecule has 0 radical (unpaired) electrons. The largest absolute Gasteiger partial charge is 0.493 e. The van der Waals surface area contributed by atoms with Crippen molar-refractivity contribution in [3.05, 3.63) is 118 Å². The lowest BCUT2D eigenvalue weighted by atomic mass is 9.72. The first-order valence-electron chi connectivity index (χ1n) is 21.9. The Hall–Kier alpha value is -5.43. The first-order valence-corrected chi connectivity index (χ1v) is 21.9. The third kappa shape index (κ3) is 8.16. The first kappa shape index (κ1) is 41.9. The molecule has 5 aliphatic heterocycles. The summed E-state index contributed by atoms with van der Waals surface area (Å²) in [5.74, 6) is 4.92. The molecule has 5 aliphatic rings. The lowest BCUT2D eigenvalue weighted by Crippen LogP contribution is -2.48. The van der Waals surface area contributed by atoms with Crippen molar-refractivity contribution in [2.75, 3.05) is 54.9 Å². The van der Waals surface area contributed by atoms with Crippen LogP contribution < -0.4 is 28.4 Å². The molecule has 328 valence electrons. The highest BCUT2D eigenvalue weighted by Crippen LogP contribution is 2.50. The fraction of sp³-hybridized carbons (Fsp3) is 0.460. The molecule has 1 N–H and O–H groups in total. The molecule has 0 bridgehead atoms. The van der Waals surface area contributed by atoms with E-state index in [2.05, 4.69) is 36.1 Å². The molecule has 12 nitrogen and oxygen atoms in total. The topological polar surface area (TPSA) is 118 Å². The first-order chi connectivity index (χ1) is 30.3. The van der Waals surface area contributed by atoms with Crippen LogP contribution >= 0.6 is 0 Å². The van der Waals surface area contributed by atoms with Crippen molar-refractivity contribution in [2.24, 2.45) is 11.8 Å². The Bertz CT molecular complexity index is 2290. The summed E-state index contributed by atoms with van der Waals surface area (Å²) in [4.78, 5) is 20.0. The van der Waals surface area contributed by atoms with E-state index in [1.165, 1.54) is 11.1 Å². The highest BCUT2D eigenvalue weighted by molar-refractivity contribution is 5.92. The van der Waals surface area contributed by atoms with Gasteiger partial charge in [-0.15, -0.1) is 0 Å². The van der Waals surface area contributed by atoms with Gasteiger partial charge in [-0.25, -0.2) is 0 Å². The Morgan fingerprint density at radius 1 is 0.758 bits per heavy atom. The van der Waals surface area contributed by atoms with Gasteiger partial charge < -0.3 is 47.9 Å². The van der Waals surface area contributed by atoms with Crippen molar-refractivity contribution in [3.8, 4) is 34.5 Å². The van der Waals surface area contributed by atoms with Crippen molar-refractivity contribution in [3.63, 3.8) is 0 Å². The van der Waals surface area contributed by atoms with Crippen molar-refractivity contribution in [1.29, 1.82) is 0 Å². The third-order valence-corrected chi connectivity index (χ3v) is 13.8. The molecule has 4 aromatic rings. The Balaban J connectivity index is 1.05. The van der Waals surface area contributed by atoms with Crippen molar-refractivity contribution in [2.45, 2.75) is 83.0 Å². The highest BCUT2D eigenvalue weighted by atomic mass is 16.7. The molecule has 0 saturated carbocycles. The number of carbonyl (C=O) groups is 1. The number of allylic oxidation sites excluding steroid dienone is 1. The van der Waals surface area contributed by atoms with Gasteiger partial charge in [0.2, 0.25) is 13.1 Å². The van der Waals surface area contributed by atoms with Gasteiger partial charge in [0.05, 0.1) is 47.7 Å². The van der Waals surface area contributed by atoms with E-state index in [9.17, 15) is 5.11 Å². The molecule has 9 rings (SSSR count). The lowest BCUT2D eigenvalue weighted by Gasteiger charge is -2.49. The van der Waals surface area contributed by atoms with Crippen LogP contribution in [-0.2, 0) is 40.3 Å². The predicted octanol–water partition coefficient (Wildman–Crippen LogP) is 8.03. The number of methoxy groups -OCH3 is 4.